The Balaban J connectivity index is 2.23. The minimum atomic E-state index is -1.01. The van der Waals surface area contributed by atoms with Crippen molar-refractivity contribution < 1.29 is 19.4 Å². The minimum absolute atomic E-state index is 0.151. The average Bonchev–Trinajstić information content (AvgIpc) is 3.19. The number of hydrogen-bond donors (Lipinski definition) is 1. The molecule has 0 saturated heterocycles. The van der Waals surface area contributed by atoms with Gasteiger partial charge in [0.05, 0.1) is 0 Å². The van der Waals surface area contributed by atoms with Crippen molar-refractivity contribution in [3.8, 4) is 0 Å². The number of ether oxygens (including phenoxy) is 2. The van der Waals surface area contributed by atoms with Gasteiger partial charge in [0.15, 0.2) is 0 Å². The average molecular weight is 302 g/mol. The van der Waals surface area contributed by atoms with Gasteiger partial charge in [-0.05, 0) is 25.0 Å². The van der Waals surface area contributed by atoms with E-state index in [0.29, 0.717) is 25.7 Å². The molecule has 0 aromatic rings. The van der Waals surface area contributed by atoms with Crippen LogP contribution in [0.3, 0.4) is 0 Å². The zero-order valence-corrected chi connectivity index (χ0v) is 13.0. The van der Waals surface area contributed by atoms with Gasteiger partial charge in [0.1, 0.15) is 29.0 Å². The van der Waals surface area contributed by atoms with Gasteiger partial charge < -0.3 is 14.6 Å². The summed E-state index contributed by atoms with van der Waals surface area (Å²) in [5, 5.41) is 9.62. The van der Waals surface area contributed by atoms with E-state index in [0.717, 1.165) is 11.5 Å². The minimum Gasteiger partial charge on any atom is -0.486 e. The monoisotopic (exact) mass is 302 g/mol. The summed E-state index contributed by atoms with van der Waals surface area (Å²) in [4.78, 5) is 11.7. The number of allylic oxidation sites excluding steroid dienone is 6. The van der Waals surface area contributed by atoms with E-state index in [1.807, 2.05) is 50.3 Å². The summed E-state index contributed by atoms with van der Waals surface area (Å²) in [5.41, 5.74) is -0.728. The van der Waals surface area contributed by atoms with Gasteiger partial charge >= 0.3 is 5.97 Å². The van der Waals surface area contributed by atoms with E-state index in [9.17, 15) is 9.90 Å². The molecule has 0 heterocycles. The van der Waals surface area contributed by atoms with Crippen molar-refractivity contribution in [3.05, 3.63) is 59.8 Å². The van der Waals surface area contributed by atoms with Crippen LogP contribution < -0.4 is 0 Å². The fourth-order valence-electron chi connectivity index (χ4n) is 2.59. The first-order valence-electron chi connectivity index (χ1n) is 7.62. The highest BCUT2D eigenvalue weighted by atomic mass is 16.5. The molecule has 1 N–H and O–H groups in total. The third-order valence-corrected chi connectivity index (χ3v) is 3.99. The Bertz CT molecular complexity index is 572. The Labute approximate surface area is 131 Å². The molecule has 2 aliphatic rings. The van der Waals surface area contributed by atoms with Gasteiger partial charge in [-0.3, -0.25) is 0 Å². The number of carboxylic acid groups (broad SMARTS) is 1. The van der Waals surface area contributed by atoms with E-state index in [4.69, 9.17) is 9.47 Å². The van der Waals surface area contributed by atoms with Crippen LogP contribution in [0.1, 0.15) is 39.5 Å². The van der Waals surface area contributed by atoms with E-state index in [-0.39, 0.29) is 5.57 Å². The van der Waals surface area contributed by atoms with Crippen LogP contribution in [0.4, 0.5) is 0 Å². The Morgan fingerprint density at radius 2 is 1.77 bits per heavy atom. The topological polar surface area (TPSA) is 55.8 Å². The third-order valence-electron chi connectivity index (χ3n) is 3.99. The molecule has 2 rings (SSSR count). The van der Waals surface area contributed by atoms with Crippen molar-refractivity contribution in [1.82, 2.24) is 0 Å². The highest BCUT2D eigenvalue weighted by Gasteiger charge is 2.38. The summed E-state index contributed by atoms with van der Waals surface area (Å²) < 4.78 is 11.6. The molecular weight excluding hydrogens is 280 g/mol. The second-order valence-corrected chi connectivity index (χ2v) is 5.29. The summed E-state index contributed by atoms with van der Waals surface area (Å²) in [6.07, 6.45) is 15.3. The largest absolute Gasteiger partial charge is 0.486 e. The third kappa shape index (κ3) is 3.50. The summed E-state index contributed by atoms with van der Waals surface area (Å²) in [7, 11) is 0. The molecule has 0 radical (unpaired) electrons. The van der Waals surface area contributed by atoms with Crippen molar-refractivity contribution in [2.45, 2.75) is 45.1 Å². The predicted molar refractivity (Wildman–Crippen MR) is 84.9 cm³/mol. The van der Waals surface area contributed by atoms with Crippen LogP contribution in [0.15, 0.2) is 59.8 Å². The van der Waals surface area contributed by atoms with Gasteiger partial charge in [0.2, 0.25) is 0 Å². The van der Waals surface area contributed by atoms with E-state index in [2.05, 4.69) is 0 Å². The Kier molecular flexibility index (Phi) is 5.26. The highest BCUT2D eigenvalue weighted by Crippen LogP contribution is 2.34. The number of hydrogen-bond acceptors (Lipinski definition) is 3. The molecule has 2 aliphatic carbocycles. The quantitative estimate of drug-likeness (QED) is 0.538. The fourth-order valence-corrected chi connectivity index (χ4v) is 2.59. The molecule has 0 fully saturated rings. The maximum absolute atomic E-state index is 11.7. The SMILES string of the molecule is CCC(CC)(OC1=CC=CC1)C(=COC1=CC=CC1)C(=O)O. The smallest absolute Gasteiger partial charge is 0.338 e. The first-order chi connectivity index (χ1) is 10.6. The van der Waals surface area contributed by atoms with E-state index in [1.165, 1.54) is 6.26 Å². The second kappa shape index (κ2) is 7.16. The summed E-state index contributed by atoms with van der Waals surface area (Å²) in [6, 6.07) is 0. The zero-order chi connectivity index (χ0) is 16.0. The number of carboxylic acids is 1. The molecule has 0 atom stereocenters. The molecule has 0 aromatic heterocycles. The molecule has 118 valence electrons. The van der Waals surface area contributed by atoms with Crippen molar-refractivity contribution >= 4 is 5.97 Å². The van der Waals surface area contributed by atoms with E-state index in [1.54, 1.807) is 0 Å². The van der Waals surface area contributed by atoms with Crippen LogP contribution >= 0.6 is 0 Å². The number of aliphatic carboxylic acids is 1. The molecule has 4 nitrogen and oxygen atoms in total. The van der Waals surface area contributed by atoms with E-state index >= 15 is 0 Å². The highest BCUT2D eigenvalue weighted by molar-refractivity contribution is 5.88. The van der Waals surface area contributed by atoms with Crippen LogP contribution in [-0.2, 0) is 14.3 Å². The Hall–Kier alpha value is -2.23. The molecule has 0 bridgehead atoms. The van der Waals surface area contributed by atoms with Gasteiger partial charge in [0, 0.05) is 12.8 Å². The maximum atomic E-state index is 11.7. The van der Waals surface area contributed by atoms with Gasteiger partial charge in [-0.2, -0.15) is 0 Å². The maximum Gasteiger partial charge on any atom is 0.338 e. The number of rotatable bonds is 8. The van der Waals surface area contributed by atoms with Crippen LogP contribution in [-0.4, -0.2) is 16.7 Å². The molecule has 0 aromatic carbocycles. The van der Waals surface area contributed by atoms with Crippen molar-refractivity contribution in [1.29, 1.82) is 0 Å². The van der Waals surface area contributed by atoms with Gasteiger partial charge in [0.25, 0.3) is 0 Å². The first-order valence-corrected chi connectivity index (χ1v) is 7.62. The lowest BCUT2D eigenvalue weighted by Gasteiger charge is -2.33. The molecule has 0 aliphatic heterocycles. The Morgan fingerprint density at radius 1 is 1.18 bits per heavy atom. The van der Waals surface area contributed by atoms with Gasteiger partial charge in [-0.15, -0.1) is 0 Å². The molecule has 0 unspecified atom stereocenters. The molecule has 0 spiro atoms. The summed E-state index contributed by atoms with van der Waals surface area (Å²) >= 11 is 0. The molecular formula is C18H22O4. The predicted octanol–water partition coefficient (Wildman–Crippen LogP) is 4.23. The van der Waals surface area contributed by atoms with Crippen LogP contribution in [0.2, 0.25) is 0 Å². The standard InChI is InChI=1S/C18H22O4/c1-3-18(4-2,22-15-11-7-8-12-15)16(17(19)20)13-21-14-9-5-6-10-14/h5-9,11,13H,3-4,10,12H2,1-2H3,(H,19,20). The zero-order valence-electron chi connectivity index (χ0n) is 13.0. The van der Waals surface area contributed by atoms with Crippen molar-refractivity contribution in [2.24, 2.45) is 0 Å². The van der Waals surface area contributed by atoms with E-state index < -0.39 is 11.6 Å². The summed E-state index contributed by atoms with van der Waals surface area (Å²) in [5.74, 6) is 0.515. The summed E-state index contributed by atoms with van der Waals surface area (Å²) in [6.45, 7) is 3.86. The lowest BCUT2D eigenvalue weighted by Crippen LogP contribution is -2.37. The van der Waals surface area contributed by atoms with Crippen LogP contribution in [0, 0.1) is 0 Å². The second-order valence-electron chi connectivity index (χ2n) is 5.29. The lowest BCUT2D eigenvalue weighted by molar-refractivity contribution is -0.136. The molecule has 0 saturated carbocycles. The first kappa shape index (κ1) is 16.1. The van der Waals surface area contributed by atoms with Crippen LogP contribution in [0.5, 0.6) is 0 Å². The Morgan fingerprint density at radius 3 is 2.23 bits per heavy atom. The lowest BCUT2D eigenvalue weighted by atomic mass is 9.88. The molecule has 22 heavy (non-hydrogen) atoms. The fraction of sp³-hybridized carbons (Fsp3) is 0.389. The van der Waals surface area contributed by atoms with Gasteiger partial charge in [-0.1, -0.05) is 38.2 Å². The number of carbonyl (C=O) groups is 1. The van der Waals surface area contributed by atoms with Crippen molar-refractivity contribution in [3.63, 3.8) is 0 Å². The van der Waals surface area contributed by atoms with Crippen molar-refractivity contribution in [2.75, 3.05) is 0 Å². The normalized spacial score (nSPS) is 17.5. The van der Waals surface area contributed by atoms with Gasteiger partial charge in [-0.25, -0.2) is 4.79 Å². The molecule has 4 heteroatoms. The van der Waals surface area contributed by atoms with Crippen LogP contribution in [0.25, 0.3) is 0 Å². The molecule has 0 amide bonds.